The molecule has 0 saturated carbocycles. The summed E-state index contributed by atoms with van der Waals surface area (Å²) in [5.41, 5.74) is 11.9. The van der Waals surface area contributed by atoms with Crippen molar-refractivity contribution in [1.82, 2.24) is 24.3 Å². The number of hydrogen-bond donors (Lipinski definition) is 4. The smallest absolute Gasteiger partial charge is 0.354 e. The number of piperidine rings is 1. The van der Waals surface area contributed by atoms with Crippen molar-refractivity contribution < 1.29 is 14.7 Å². The summed E-state index contributed by atoms with van der Waals surface area (Å²) in [6, 6.07) is 9.26. The second-order valence-corrected chi connectivity index (χ2v) is 10.9. The van der Waals surface area contributed by atoms with Crippen LogP contribution in [0.25, 0.3) is 5.69 Å². The molecule has 0 aliphatic carbocycles. The molecule has 4 rings (SSSR count). The predicted octanol–water partition coefficient (Wildman–Crippen LogP) is 0.599. The quantitative estimate of drug-likeness (QED) is 0.372. The summed E-state index contributed by atoms with van der Waals surface area (Å²) in [5, 5.41) is 12.0. The number of hydrogen-bond acceptors (Lipinski definition) is 8. The van der Waals surface area contributed by atoms with E-state index in [2.05, 4.69) is 22.1 Å². The van der Waals surface area contributed by atoms with Gasteiger partial charge < -0.3 is 26.4 Å². The molecule has 2 atom stereocenters. The normalized spacial score (nSPS) is 18.9. The molecule has 1 aromatic carbocycles. The lowest BCUT2D eigenvalue weighted by molar-refractivity contribution is -0.139. The number of amides is 3. The highest BCUT2D eigenvalue weighted by Gasteiger charge is 2.34. The predicted molar refractivity (Wildman–Crippen MR) is 156 cm³/mol. The van der Waals surface area contributed by atoms with Crippen LogP contribution >= 0.6 is 12.4 Å². The lowest BCUT2D eigenvalue weighted by Gasteiger charge is -2.37. The molecular formula is C27H41ClN8O4. The van der Waals surface area contributed by atoms with Crippen LogP contribution in [0.2, 0.25) is 0 Å². The van der Waals surface area contributed by atoms with Crippen LogP contribution in [0, 0.1) is 5.92 Å². The molecule has 3 amide bonds. The minimum atomic E-state index is -1.35. The number of aliphatic hydroxyl groups is 1. The van der Waals surface area contributed by atoms with Crippen LogP contribution in [-0.2, 0) is 11.3 Å². The summed E-state index contributed by atoms with van der Waals surface area (Å²) in [7, 11) is 0. The standard InChI is InChI=1S/C27H40N8O4.ClH/c1-19(28)21-7-10-32(11-8-21)17-20-3-5-22(6-4-20)35-12-9-23(31-26(35)39)30-25(38)34-15-13-33(14-16-34)24(37)27(2,29)18-36;/h3-6,9,12,19,21,36H,7-8,10-11,13-18,28-29H2,1-2H3,(H,30,31,38,39);1H/t19-,27?;/m0./s1. The number of aliphatic hydroxyl groups excluding tert-OH is 1. The van der Waals surface area contributed by atoms with Crippen LogP contribution < -0.4 is 22.5 Å². The molecule has 0 spiro atoms. The van der Waals surface area contributed by atoms with Gasteiger partial charge in [-0.2, -0.15) is 4.98 Å². The number of piperazine rings is 1. The van der Waals surface area contributed by atoms with Crippen LogP contribution in [0.15, 0.2) is 41.3 Å². The molecule has 2 aliphatic rings. The van der Waals surface area contributed by atoms with Crippen LogP contribution in [0.5, 0.6) is 0 Å². The van der Waals surface area contributed by atoms with Gasteiger partial charge in [0.1, 0.15) is 11.4 Å². The van der Waals surface area contributed by atoms with E-state index in [4.69, 9.17) is 11.5 Å². The molecule has 12 nitrogen and oxygen atoms in total. The molecular weight excluding hydrogens is 536 g/mol. The Balaban J connectivity index is 0.00000441. The number of aromatic nitrogens is 2. The first-order chi connectivity index (χ1) is 18.6. The van der Waals surface area contributed by atoms with Crippen molar-refractivity contribution in [2.45, 2.75) is 44.8 Å². The number of carbonyl (C=O) groups excluding carboxylic acids is 2. The van der Waals surface area contributed by atoms with Crippen LogP contribution in [0.3, 0.4) is 0 Å². The molecule has 0 radical (unpaired) electrons. The van der Waals surface area contributed by atoms with E-state index in [0.717, 1.165) is 32.5 Å². The molecule has 1 aromatic heterocycles. The van der Waals surface area contributed by atoms with Crippen molar-refractivity contribution >= 4 is 30.2 Å². The van der Waals surface area contributed by atoms with Crippen molar-refractivity contribution in [3.8, 4) is 5.69 Å². The first-order valence-corrected chi connectivity index (χ1v) is 13.5. The number of nitrogens with one attached hydrogen (secondary N) is 1. The fourth-order valence-corrected chi connectivity index (χ4v) is 5.06. The number of likely N-dealkylation sites (tertiary alicyclic amines) is 1. The van der Waals surface area contributed by atoms with E-state index >= 15 is 0 Å². The molecule has 1 unspecified atom stereocenters. The zero-order valence-electron chi connectivity index (χ0n) is 23.2. The van der Waals surface area contributed by atoms with Gasteiger partial charge in [0, 0.05) is 45.0 Å². The third kappa shape index (κ3) is 7.58. The summed E-state index contributed by atoms with van der Waals surface area (Å²) in [6.07, 6.45) is 3.83. The lowest BCUT2D eigenvalue weighted by Crippen LogP contribution is -2.60. The lowest BCUT2D eigenvalue weighted by atomic mass is 9.91. The minimum absolute atomic E-state index is 0. The highest BCUT2D eigenvalue weighted by Crippen LogP contribution is 2.21. The summed E-state index contributed by atoms with van der Waals surface area (Å²) >= 11 is 0. The molecule has 2 saturated heterocycles. The number of carbonyl (C=O) groups is 2. The van der Waals surface area contributed by atoms with Crippen molar-refractivity contribution in [2.75, 3.05) is 51.2 Å². The third-order valence-corrected chi connectivity index (χ3v) is 7.71. The third-order valence-electron chi connectivity index (χ3n) is 7.71. The first kappa shape index (κ1) is 31.5. The molecule has 40 heavy (non-hydrogen) atoms. The maximum atomic E-state index is 12.7. The molecule has 6 N–H and O–H groups in total. The van der Waals surface area contributed by atoms with E-state index in [1.165, 1.54) is 22.0 Å². The zero-order chi connectivity index (χ0) is 28.2. The van der Waals surface area contributed by atoms with Gasteiger partial charge in [-0.1, -0.05) is 12.1 Å². The fraction of sp³-hybridized carbons (Fsp3) is 0.556. The summed E-state index contributed by atoms with van der Waals surface area (Å²) in [5.74, 6) is 0.392. The monoisotopic (exact) mass is 576 g/mol. The van der Waals surface area contributed by atoms with E-state index in [1.54, 1.807) is 17.2 Å². The van der Waals surface area contributed by atoms with Crippen LogP contribution in [-0.4, -0.2) is 98.8 Å². The molecule has 0 bridgehead atoms. The van der Waals surface area contributed by atoms with Gasteiger partial charge in [0.05, 0.1) is 12.3 Å². The van der Waals surface area contributed by atoms with Gasteiger partial charge >= 0.3 is 11.7 Å². The summed E-state index contributed by atoms with van der Waals surface area (Å²) < 4.78 is 1.43. The number of nitrogens with zero attached hydrogens (tertiary/aromatic N) is 5. The number of anilines is 1. The van der Waals surface area contributed by atoms with Gasteiger partial charge in [0.2, 0.25) is 5.91 Å². The maximum Gasteiger partial charge on any atom is 0.354 e. The Morgan fingerprint density at radius 1 is 1.07 bits per heavy atom. The van der Waals surface area contributed by atoms with Gasteiger partial charge in [-0.15, -0.1) is 12.4 Å². The summed E-state index contributed by atoms with van der Waals surface area (Å²) in [4.78, 5) is 47.4. The van der Waals surface area contributed by atoms with Crippen molar-refractivity contribution in [2.24, 2.45) is 17.4 Å². The van der Waals surface area contributed by atoms with E-state index in [-0.39, 0.29) is 30.2 Å². The van der Waals surface area contributed by atoms with Crippen LogP contribution in [0.4, 0.5) is 10.6 Å². The van der Waals surface area contributed by atoms with Gasteiger partial charge in [0.15, 0.2) is 0 Å². The van der Waals surface area contributed by atoms with Crippen molar-refractivity contribution in [3.63, 3.8) is 0 Å². The van der Waals surface area contributed by atoms with Gasteiger partial charge in [-0.25, -0.2) is 9.59 Å². The van der Waals surface area contributed by atoms with Crippen molar-refractivity contribution in [1.29, 1.82) is 0 Å². The van der Waals surface area contributed by atoms with E-state index in [1.807, 2.05) is 24.3 Å². The number of nitrogens with two attached hydrogens (primary N) is 2. The number of benzene rings is 1. The fourth-order valence-electron chi connectivity index (χ4n) is 5.06. The Hall–Kier alpha value is -3.03. The Kier molecular flexibility index (Phi) is 10.7. The average molecular weight is 577 g/mol. The molecule has 2 aromatic rings. The Bertz CT molecular complexity index is 1200. The van der Waals surface area contributed by atoms with E-state index < -0.39 is 23.9 Å². The zero-order valence-corrected chi connectivity index (χ0v) is 24.0. The topological polar surface area (TPSA) is 163 Å². The second-order valence-electron chi connectivity index (χ2n) is 10.9. The largest absolute Gasteiger partial charge is 0.394 e. The highest BCUT2D eigenvalue weighted by molar-refractivity contribution is 5.89. The summed E-state index contributed by atoms with van der Waals surface area (Å²) in [6.45, 7) is 7.24. The van der Waals surface area contributed by atoms with Gasteiger partial charge in [-0.3, -0.25) is 19.6 Å². The van der Waals surface area contributed by atoms with E-state index in [9.17, 15) is 19.5 Å². The molecule has 220 valence electrons. The maximum absolute atomic E-state index is 12.7. The molecule has 2 fully saturated rings. The van der Waals surface area contributed by atoms with Gasteiger partial charge in [-0.05, 0) is 69.5 Å². The number of halogens is 1. The first-order valence-electron chi connectivity index (χ1n) is 13.5. The average Bonchev–Trinajstić information content (AvgIpc) is 2.93. The SMILES string of the molecule is C[C@H](N)C1CCN(Cc2ccc(-n3ccc(NC(=O)N4CCN(C(=O)C(C)(N)CO)CC4)nc3=O)cc2)CC1.Cl. The van der Waals surface area contributed by atoms with Crippen LogP contribution in [0.1, 0.15) is 32.3 Å². The number of rotatable bonds is 7. The van der Waals surface area contributed by atoms with Crippen molar-refractivity contribution in [3.05, 3.63) is 52.6 Å². The second kappa shape index (κ2) is 13.6. The van der Waals surface area contributed by atoms with Gasteiger partial charge in [0.25, 0.3) is 0 Å². The molecule has 2 aliphatic heterocycles. The Morgan fingerprint density at radius 3 is 2.23 bits per heavy atom. The molecule has 13 heteroatoms. The minimum Gasteiger partial charge on any atom is -0.394 e. The molecule has 3 heterocycles. The Labute approximate surface area is 240 Å². The Morgan fingerprint density at radius 2 is 1.68 bits per heavy atom. The highest BCUT2D eigenvalue weighted by atomic mass is 35.5. The number of urea groups is 1. The van der Waals surface area contributed by atoms with E-state index in [0.29, 0.717) is 37.8 Å².